The fourth-order valence-corrected chi connectivity index (χ4v) is 3.78. The fourth-order valence-electron chi connectivity index (χ4n) is 2.61. The van der Waals surface area contributed by atoms with Crippen LogP contribution in [0.1, 0.15) is 29.1 Å². The summed E-state index contributed by atoms with van der Waals surface area (Å²) in [5, 5.41) is 0. The standard InChI is InChI=1S/C18H19NO2S/c1-4-19(10-12(2)3)18(20)16-9-13-11-21-15-8-6-5-7-14(15)17(13)22-16/h5-9H,2,4,10-11H2,1,3H3. The molecule has 0 spiro atoms. The molecule has 1 aromatic carbocycles. The zero-order valence-electron chi connectivity index (χ0n) is 12.9. The summed E-state index contributed by atoms with van der Waals surface area (Å²) >= 11 is 1.56. The van der Waals surface area contributed by atoms with E-state index in [0.29, 0.717) is 19.7 Å². The maximum Gasteiger partial charge on any atom is 0.264 e. The molecule has 0 aliphatic carbocycles. The first-order valence-corrected chi connectivity index (χ1v) is 8.20. The number of hydrogen-bond acceptors (Lipinski definition) is 3. The summed E-state index contributed by atoms with van der Waals surface area (Å²) in [5.41, 5.74) is 3.17. The van der Waals surface area contributed by atoms with Crippen LogP contribution in [0, 0.1) is 0 Å². The van der Waals surface area contributed by atoms with E-state index in [1.165, 1.54) is 0 Å². The first-order valence-electron chi connectivity index (χ1n) is 7.38. The molecule has 2 aromatic rings. The van der Waals surface area contributed by atoms with Crippen molar-refractivity contribution >= 4 is 17.2 Å². The van der Waals surface area contributed by atoms with E-state index in [0.717, 1.165) is 32.2 Å². The summed E-state index contributed by atoms with van der Waals surface area (Å²) in [7, 11) is 0. The number of para-hydroxylation sites is 1. The van der Waals surface area contributed by atoms with Crippen LogP contribution in [0.3, 0.4) is 0 Å². The van der Waals surface area contributed by atoms with E-state index >= 15 is 0 Å². The molecule has 1 amide bonds. The lowest BCUT2D eigenvalue weighted by Gasteiger charge is -2.19. The summed E-state index contributed by atoms with van der Waals surface area (Å²) in [6.07, 6.45) is 0. The first-order chi connectivity index (χ1) is 10.6. The van der Waals surface area contributed by atoms with Gasteiger partial charge in [0, 0.05) is 29.1 Å². The molecule has 2 heterocycles. The monoisotopic (exact) mass is 313 g/mol. The number of ether oxygens (including phenoxy) is 1. The van der Waals surface area contributed by atoms with E-state index in [1.54, 1.807) is 11.3 Å². The van der Waals surface area contributed by atoms with Crippen LogP contribution in [-0.2, 0) is 6.61 Å². The number of carbonyl (C=O) groups excluding carboxylic acids is 1. The molecule has 0 unspecified atom stereocenters. The molecule has 3 nitrogen and oxygen atoms in total. The first kappa shape index (κ1) is 14.9. The van der Waals surface area contributed by atoms with Gasteiger partial charge in [-0.25, -0.2) is 0 Å². The predicted octanol–water partition coefficient (Wildman–Crippen LogP) is 4.35. The molecule has 0 N–H and O–H groups in total. The van der Waals surface area contributed by atoms with Crippen LogP contribution in [0.25, 0.3) is 10.4 Å². The minimum absolute atomic E-state index is 0.0716. The molecule has 1 aromatic heterocycles. The lowest BCUT2D eigenvalue weighted by Crippen LogP contribution is -2.31. The molecular weight excluding hydrogens is 294 g/mol. The van der Waals surface area contributed by atoms with Crippen molar-refractivity contribution in [1.29, 1.82) is 0 Å². The summed E-state index contributed by atoms with van der Waals surface area (Å²) in [6, 6.07) is 9.95. The van der Waals surface area contributed by atoms with Crippen LogP contribution < -0.4 is 4.74 Å². The lowest BCUT2D eigenvalue weighted by atomic mass is 10.1. The summed E-state index contributed by atoms with van der Waals surface area (Å²) in [4.78, 5) is 16.4. The summed E-state index contributed by atoms with van der Waals surface area (Å²) in [6.45, 7) is 9.65. The topological polar surface area (TPSA) is 29.5 Å². The van der Waals surface area contributed by atoms with Crippen LogP contribution in [0.5, 0.6) is 5.75 Å². The third kappa shape index (κ3) is 2.66. The highest BCUT2D eigenvalue weighted by Gasteiger charge is 2.24. The second-order valence-corrected chi connectivity index (χ2v) is 6.58. The third-order valence-electron chi connectivity index (χ3n) is 3.66. The van der Waals surface area contributed by atoms with Crippen LogP contribution in [0.15, 0.2) is 42.5 Å². The molecule has 1 aliphatic heterocycles. The molecule has 0 fully saturated rings. The summed E-state index contributed by atoms with van der Waals surface area (Å²) < 4.78 is 5.76. The Labute approximate surface area is 134 Å². The molecule has 3 rings (SSSR count). The van der Waals surface area contributed by atoms with Gasteiger partial charge in [0.15, 0.2) is 0 Å². The number of hydrogen-bond donors (Lipinski definition) is 0. The number of likely N-dealkylation sites (N-methyl/N-ethyl adjacent to an activating group) is 1. The minimum atomic E-state index is 0.0716. The molecule has 0 saturated carbocycles. The van der Waals surface area contributed by atoms with E-state index in [1.807, 2.05) is 49.1 Å². The third-order valence-corrected chi connectivity index (χ3v) is 4.86. The van der Waals surface area contributed by atoms with Gasteiger partial charge in [-0.3, -0.25) is 4.79 Å². The largest absolute Gasteiger partial charge is 0.488 e. The van der Waals surface area contributed by atoms with Crippen molar-refractivity contribution in [3.63, 3.8) is 0 Å². The number of carbonyl (C=O) groups is 1. The highest BCUT2D eigenvalue weighted by Crippen LogP contribution is 2.42. The Balaban J connectivity index is 1.94. The van der Waals surface area contributed by atoms with Gasteiger partial charge >= 0.3 is 0 Å². The molecule has 0 saturated heterocycles. The maximum atomic E-state index is 12.7. The van der Waals surface area contributed by atoms with Crippen molar-refractivity contribution in [1.82, 2.24) is 4.90 Å². The average Bonchev–Trinajstić information content (AvgIpc) is 2.96. The molecule has 22 heavy (non-hydrogen) atoms. The van der Waals surface area contributed by atoms with Gasteiger partial charge in [-0.1, -0.05) is 24.3 Å². The number of rotatable bonds is 4. The molecule has 114 valence electrons. The van der Waals surface area contributed by atoms with Crippen LogP contribution in [0.2, 0.25) is 0 Å². The van der Waals surface area contributed by atoms with Gasteiger partial charge in [-0.2, -0.15) is 0 Å². The fraction of sp³-hybridized carbons (Fsp3) is 0.278. The van der Waals surface area contributed by atoms with Gasteiger partial charge in [0.25, 0.3) is 5.91 Å². The molecule has 4 heteroatoms. The average molecular weight is 313 g/mol. The highest BCUT2D eigenvalue weighted by atomic mass is 32.1. The quantitative estimate of drug-likeness (QED) is 0.786. The van der Waals surface area contributed by atoms with Gasteiger partial charge < -0.3 is 9.64 Å². The van der Waals surface area contributed by atoms with Crippen molar-refractivity contribution in [2.45, 2.75) is 20.5 Å². The van der Waals surface area contributed by atoms with Crippen LogP contribution >= 0.6 is 11.3 Å². The van der Waals surface area contributed by atoms with Crippen LogP contribution in [0.4, 0.5) is 0 Å². The number of thiophene rings is 1. The van der Waals surface area contributed by atoms with E-state index < -0.39 is 0 Å². The van der Waals surface area contributed by atoms with Gasteiger partial charge in [0.1, 0.15) is 12.4 Å². The normalized spacial score (nSPS) is 12.1. The molecule has 0 atom stereocenters. The lowest BCUT2D eigenvalue weighted by molar-refractivity contribution is 0.0783. The highest BCUT2D eigenvalue weighted by molar-refractivity contribution is 7.17. The van der Waals surface area contributed by atoms with E-state index in [-0.39, 0.29) is 5.91 Å². The molecule has 0 radical (unpaired) electrons. The smallest absolute Gasteiger partial charge is 0.264 e. The zero-order valence-corrected chi connectivity index (χ0v) is 13.7. The Kier molecular flexibility index (Phi) is 4.03. The van der Waals surface area contributed by atoms with E-state index in [4.69, 9.17) is 4.74 Å². The zero-order chi connectivity index (χ0) is 15.7. The minimum Gasteiger partial charge on any atom is -0.488 e. The number of fused-ring (bicyclic) bond motifs is 3. The van der Waals surface area contributed by atoms with Gasteiger partial charge in [0.2, 0.25) is 0 Å². The van der Waals surface area contributed by atoms with Crippen molar-refractivity contribution in [3.8, 4) is 16.2 Å². The van der Waals surface area contributed by atoms with E-state index in [2.05, 4.69) is 6.58 Å². The number of nitrogens with zero attached hydrogens (tertiary/aromatic N) is 1. The Hall–Kier alpha value is -2.07. The maximum absolute atomic E-state index is 12.7. The van der Waals surface area contributed by atoms with Gasteiger partial charge in [-0.15, -0.1) is 11.3 Å². The SMILES string of the molecule is C=C(C)CN(CC)C(=O)c1cc2c(s1)-c1ccccc1OC2. The van der Waals surface area contributed by atoms with E-state index in [9.17, 15) is 4.79 Å². The second kappa shape index (κ2) is 5.97. The molecule has 1 aliphatic rings. The van der Waals surface area contributed by atoms with Crippen molar-refractivity contribution < 1.29 is 9.53 Å². The Morgan fingerprint density at radius 1 is 1.41 bits per heavy atom. The van der Waals surface area contributed by atoms with Crippen LogP contribution in [-0.4, -0.2) is 23.9 Å². The number of benzene rings is 1. The Morgan fingerprint density at radius 3 is 2.91 bits per heavy atom. The van der Waals surface area contributed by atoms with Crippen molar-refractivity contribution in [2.75, 3.05) is 13.1 Å². The van der Waals surface area contributed by atoms with Crippen molar-refractivity contribution in [3.05, 3.63) is 52.9 Å². The molecule has 0 bridgehead atoms. The Morgan fingerprint density at radius 2 is 2.18 bits per heavy atom. The predicted molar refractivity (Wildman–Crippen MR) is 90.5 cm³/mol. The Bertz CT molecular complexity index is 732. The summed E-state index contributed by atoms with van der Waals surface area (Å²) in [5.74, 6) is 0.965. The van der Waals surface area contributed by atoms with Gasteiger partial charge in [-0.05, 0) is 32.0 Å². The second-order valence-electron chi connectivity index (χ2n) is 5.53. The number of amides is 1. The van der Waals surface area contributed by atoms with Gasteiger partial charge in [0.05, 0.1) is 4.88 Å². The van der Waals surface area contributed by atoms with Crippen molar-refractivity contribution in [2.24, 2.45) is 0 Å². The molecular formula is C18H19NO2S.